The summed E-state index contributed by atoms with van der Waals surface area (Å²) < 4.78 is 12.6. The van der Waals surface area contributed by atoms with Gasteiger partial charge in [-0.15, -0.1) is 21.5 Å². The van der Waals surface area contributed by atoms with Crippen LogP contribution in [0, 0.1) is 0 Å². The Balaban J connectivity index is 1.52. The van der Waals surface area contributed by atoms with Gasteiger partial charge in [0.15, 0.2) is 27.5 Å². The SMILES string of the molecule is NC(=O)CCn1c(SCc2csc(-c3ccco3)n2)nnc1-c1ccco1. The first kappa shape index (κ1) is 17.6. The van der Waals surface area contributed by atoms with E-state index in [1.165, 1.54) is 23.1 Å². The first-order chi connectivity index (χ1) is 13.2. The van der Waals surface area contributed by atoms with Crippen LogP contribution >= 0.6 is 23.1 Å². The van der Waals surface area contributed by atoms with Crippen LogP contribution in [0.25, 0.3) is 22.4 Å². The summed E-state index contributed by atoms with van der Waals surface area (Å²) in [7, 11) is 0. The molecule has 1 amide bonds. The van der Waals surface area contributed by atoms with E-state index in [9.17, 15) is 4.79 Å². The maximum Gasteiger partial charge on any atom is 0.219 e. The molecular weight excluding hydrogens is 386 g/mol. The fraction of sp³-hybridized carbons (Fsp3) is 0.176. The van der Waals surface area contributed by atoms with E-state index >= 15 is 0 Å². The molecule has 27 heavy (non-hydrogen) atoms. The number of carbonyl (C=O) groups is 1. The maximum atomic E-state index is 11.2. The second-order valence-corrected chi connectivity index (χ2v) is 7.36. The molecule has 0 atom stereocenters. The first-order valence-electron chi connectivity index (χ1n) is 8.07. The molecule has 0 unspecified atom stereocenters. The summed E-state index contributed by atoms with van der Waals surface area (Å²) in [6.07, 6.45) is 3.39. The molecule has 2 N–H and O–H groups in total. The van der Waals surface area contributed by atoms with E-state index < -0.39 is 0 Å². The molecule has 8 nitrogen and oxygen atoms in total. The molecule has 0 bridgehead atoms. The van der Waals surface area contributed by atoms with Gasteiger partial charge in [-0.05, 0) is 24.3 Å². The Bertz CT molecular complexity index is 1020. The quantitative estimate of drug-likeness (QED) is 0.450. The van der Waals surface area contributed by atoms with Crippen LogP contribution in [0.15, 0.2) is 56.2 Å². The number of nitrogens with zero attached hydrogens (tertiary/aromatic N) is 4. The van der Waals surface area contributed by atoms with Gasteiger partial charge in [0.1, 0.15) is 0 Å². The van der Waals surface area contributed by atoms with Crippen LogP contribution in [0.3, 0.4) is 0 Å². The molecular formula is C17H15N5O3S2. The number of primary amides is 1. The summed E-state index contributed by atoms with van der Waals surface area (Å²) in [6, 6.07) is 7.30. The standard InChI is InChI=1S/C17H15N5O3S2/c18-14(23)5-6-22-15(12-3-1-7-24-12)20-21-17(22)27-10-11-9-26-16(19-11)13-4-2-8-25-13/h1-4,7-9H,5-6,10H2,(H2,18,23). The second kappa shape index (κ2) is 7.80. The molecule has 0 radical (unpaired) electrons. The number of hydrogen-bond acceptors (Lipinski definition) is 8. The Kier molecular flexibility index (Phi) is 5.07. The fourth-order valence-electron chi connectivity index (χ4n) is 2.43. The number of furan rings is 2. The summed E-state index contributed by atoms with van der Waals surface area (Å²) in [6.45, 7) is 0.384. The van der Waals surface area contributed by atoms with E-state index in [1.54, 1.807) is 24.7 Å². The van der Waals surface area contributed by atoms with Crippen molar-refractivity contribution in [2.24, 2.45) is 5.73 Å². The molecule has 138 valence electrons. The van der Waals surface area contributed by atoms with Crippen molar-refractivity contribution in [1.29, 1.82) is 0 Å². The van der Waals surface area contributed by atoms with E-state index in [-0.39, 0.29) is 12.3 Å². The molecule has 0 aliphatic rings. The van der Waals surface area contributed by atoms with Crippen LogP contribution in [-0.2, 0) is 17.1 Å². The third-order valence-electron chi connectivity index (χ3n) is 3.67. The third-order valence-corrected chi connectivity index (χ3v) is 5.58. The van der Waals surface area contributed by atoms with Crippen LogP contribution in [-0.4, -0.2) is 25.7 Å². The minimum atomic E-state index is -0.382. The van der Waals surface area contributed by atoms with Crippen LogP contribution in [0.2, 0.25) is 0 Å². The summed E-state index contributed by atoms with van der Waals surface area (Å²) in [5.74, 6) is 2.14. The molecule has 10 heteroatoms. The lowest BCUT2D eigenvalue weighted by molar-refractivity contribution is -0.118. The number of amides is 1. The van der Waals surface area contributed by atoms with Crippen molar-refractivity contribution < 1.29 is 13.6 Å². The lowest BCUT2D eigenvalue weighted by atomic mass is 10.3. The Hall–Kier alpha value is -2.85. The third kappa shape index (κ3) is 3.96. The number of thioether (sulfide) groups is 1. The van der Waals surface area contributed by atoms with Gasteiger partial charge in [-0.25, -0.2) is 4.98 Å². The highest BCUT2D eigenvalue weighted by Crippen LogP contribution is 2.29. The summed E-state index contributed by atoms with van der Waals surface area (Å²) in [4.78, 5) is 15.8. The van der Waals surface area contributed by atoms with Crippen LogP contribution < -0.4 is 5.73 Å². The molecule has 0 aromatic carbocycles. The van der Waals surface area contributed by atoms with E-state index in [1.807, 2.05) is 22.1 Å². The lowest BCUT2D eigenvalue weighted by Gasteiger charge is -2.07. The molecule has 0 saturated heterocycles. The summed E-state index contributed by atoms with van der Waals surface area (Å²) in [5.41, 5.74) is 6.22. The zero-order valence-electron chi connectivity index (χ0n) is 14.1. The van der Waals surface area contributed by atoms with Crippen LogP contribution in [0.1, 0.15) is 12.1 Å². The maximum absolute atomic E-state index is 11.2. The van der Waals surface area contributed by atoms with Crippen molar-refractivity contribution in [3.05, 3.63) is 47.9 Å². The minimum absolute atomic E-state index is 0.193. The van der Waals surface area contributed by atoms with E-state index in [0.29, 0.717) is 29.0 Å². The van der Waals surface area contributed by atoms with Crippen molar-refractivity contribution in [1.82, 2.24) is 19.7 Å². The van der Waals surface area contributed by atoms with Gasteiger partial charge in [0.25, 0.3) is 0 Å². The van der Waals surface area contributed by atoms with Crippen molar-refractivity contribution in [2.45, 2.75) is 23.9 Å². The number of rotatable bonds is 8. The van der Waals surface area contributed by atoms with Crippen molar-refractivity contribution >= 4 is 29.0 Å². The predicted molar refractivity (Wildman–Crippen MR) is 101 cm³/mol. The Labute approximate surface area is 162 Å². The summed E-state index contributed by atoms with van der Waals surface area (Å²) in [5, 5.41) is 12.0. The van der Waals surface area contributed by atoms with Crippen molar-refractivity contribution in [3.8, 4) is 22.4 Å². The molecule has 0 fully saturated rings. The Morgan fingerprint density at radius 1 is 1.19 bits per heavy atom. The number of nitrogens with two attached hydrogens (primary N) is 1. The van der Waals surface area contributed by atoms with E-state index in [2.05, 4.69) is 15.2 Å². The summed E-state index contributed by atoms with van der Waals surface area (Å²) >= 11 is 3.02. The normalized spacial score (nSPS) is 11.1. The van der Waals surface area contributed by atoms with Gasteiger partial charge in [-0.3, -0.25) is 9.36 Å². The predicted octanol–water partition coefficient (Wildman–Crippen LogP) is 3.42. The van der Waals surface area contributed by atoms with Crippen LogP contribution in [0.5, 0.6) is 0 Å². The monoisotopic (exact) mass is 401 g/mol. The van der Waals surface area contributed by atoms with Gasteiger partial charge >= 0.3 is 0 Å². The van der Waals surface area contributed by atoms with E-state index in [4.69, 9.17) is 14.6 Å². The van der Waals surface area contributed by atoms with Gasteiger partial charge < -0.3 is 14.6 Å². The first-order valence-corrected chi connectivity index (χ1v) is 9.93. The number of carbonyl (C=O) groups excluding carboxylic acids is 1. The van der Waals surface area contributed by atoms with Crippen LogP contribution in [0.4, 0.5) is 0 Å². The average molecular weight is 401 g/mol. The van der Waals surface area contributed by atoms with Gasteiger partial charge in [-0.1, -0.05) is 11.8 Å². The zero-order chi connectivity index (χ0) is 18.6. The molecule has 4 aromatic rings. The van der Waals surface area contributed by atoms with Gasteiger partial charge in [0, 0.05) is 24.1 Å². The van der Waals surface area contributed by atoms with Crippen molar-refractivity contribution in [3.63, 3.8) is 0 Å². The van der Waals surface area contributed by atoms with Gasteiger partial charge in [0.05, 0.1) is 18.2 Å². The lowest BCUT2D eigenvalue weighted by Crippen LogP contribution is -2.15. The topological polar surface area (TPSA) is 113 Å². The molecule has 0 aliphatic heterocycles. The van der Waals surface area contributed by atoms with Gasteiger partial charge in [-0.2, -0.15) is 0 Å². The fourth-order valence-corrected chi connectivity index (χ4v) is 4.18. The molecule has 4 aromatic heterocycles. The number of hydrogen-bond donors (Lipinski definition) is 1. The zero-order valence-corrected chi connectivity index (χ0v) is 15.7. The molecule has 4 heterocycles. The van der Waals surface area contributed by atoms with Crippen molar-refractivity contribution in [2.75, 3.05) is 0 Å². The highest BCUT2D eigenvalue weighted by molar-refractivity contribution is 7.98. The minimum Gasteiger partial charge on any atom is -0.462 e. The highest BCUT2D eigenvalue weighted by atomic mass is 32.2. The number of aromatic nitrogens is 4. The average Bonchev–Trinajstić information content (AvgIpc) is 3.45. The second-order valence-electron chi connectivity index (χ2n) is 5.56. The molecule has 0 aliphatic carbocycles. The van der Waals surface area contributed by atoms with E-state index in [0.717, 1.165) is 16.5 Å². The van der Waals surface area contributed by atoms with Gasteiger partial charge in [0.2, 0.25) is 5.91 Å². The Morgan fingerprint density at radius 2 is 1.96 bits per heavy atom. The highest BCUT2D eigenvalue weighted by Gasteiger charge is 2.17. The molecule has 0 spiro atoms. The largest absolute Gasteiger partial charge is 0.462 e. The molecule has 4 rings (SSSR count). The number of thiazole rings is 1. The Morgan fingerprint density at radius 3 is 2.67 bits per heavy atom. The smallest absolute Gasteiger partial charge is 0.219 e. The molecule has 0 saturated carbocycles.